The second-order valence-electron chi connectivity index (χ2n) is 6.13. The zero-order chi connectivity index (χ0) is 14.9. The Labute approximate surface area is 129 Å². The highest BCUT2D eigenvalue weighted by Gasteiger charge is 2.29. The van der Waals surface area contributed by atoms with Gasteiger partial charge in [-0.1, -0.05) is 41.5 Å². The van der Waals surface area contributed by atoms with E-state index in [4.69, 9.17) is 22.1 Å². The van der Waals surface area contributed by atoms with Crippen LogP contribution in [0.2, 0.25) is 0 Å². The molecule has 4 heteroatoms. The van der Waals surface area contributed by atoms with Crippen molar-refractivity contribution >= 4 is 24.4 Å². The molecule has 0 aromatic carbocycles. The Morgan fingerprint density at radius 3 is 2.05 bits per heavy atom. The summed E-state index contributed by atoms with van der Waals surface area (Å²) < 4.78 is 11.1. The van der Waals surface area contributed by atoms with Crippen LogP contribution in [0.15, 0.2) is 0 Å². The minimum atomic E-state index is -0.486. The Bertz CT molecular complexity index is 220. The van der Waals surface area contributed by atoms with Crippen molar-refractivity contribution in [2.45, 2.75) is 63.9 Å². The maximum atomic E-state index is 5.95. The van der Waals surface area contributed by atoms with E-state index in [1.54, 1.807) is 11.8 Å². The molecule has 0 amide bonds. The average molecular weight is 308 g/mol. The number of hydrogen-bond acceptors (Lipinski definition) is 3. The predicted octanol–water partition coefficient (Wildman–Crippen LogP) is 5.10. The predicted molar refractivity (Wildman–Crippen MR) is 88.7 cm³/mol. The van der Waals surface area contributed by atoms with E-state index in [1.807, 2.05) is 0 Å². The van der Waals surface area contributed by atoms with Gasteiger partial charge in [-0.15, -0.1) is 11.8 Å². The maximum absolute atomic E-state index is 5.95. The fourth-order valence-electron chi connectivity index (χ4n) is 1.53. The van der Waals surface area contributed by atoms with Gasteiger partial charge in [-0.3, -0.25) is 0 Å². The molecule has 1 unspecified atom stereocenters. The quantitative estimate of drug-likeness (QED) is 0.390. The van der Waals surface area contributed by atoms with E-state index in [0.29, 0.717) is 17.1 Å². The van der Waals surface area contributed by atoms with E-state index >= 15 is 0 Å². The van der Waals surface area contributed by atoms with Crippen molar-refractivity contribution in [1.29, 1.82) is 0 Å². The third-order valence-electron chi connectivity index (χ3n) is 2.27. The molecule has 0 saturated carbocycles. The van der Waals surface area contributed by atoms with Crippen LogP contribution in [-0.2, 0) is 9.47 Å². The van der Waals surface area contributed by atoms with Crippen molar-refractivity contribution in [1.82, 2.24) is 0 Å². The van der Waals surface area contributed by atoms with Crippen LogP contribution in [0.5, 0.6) is 0 Å². The molecule has 115 valence electrons. The van der Waals surface area contributed by atoms with Crippen LogP contribution in [0.4, 0.5) is 0 Å². The summed E-state index contributed by atoms with van der Waals surface area (Å²) >= 11 is 7.43. The number of thioether (sulfide) groups is 1. The third kappa shape index (κ3) is 12.1. The van der Waals surface area contributed by atoms with Crippen molar-refractivity contribution in [3.8, 4) is 0 Å². The Morgan fingerprint density at radius 1 is 1.00 bits per heavy atom. The van der Waals surface area contributed by atoms with Crippen molar-refractivity contribution in [2.75, 3.05) is 19.8 Å². The summed E-state index contributed by atoms with van der Waals surface area (Å²) in [5.41, 5.74) is 0. The van der Waals surface area contributed by atoms with Gasteiger partial charge in [-0.2, -0.15) is 0 Å². The van der Waals surface area contributed by atoms with Crippen LogP contribution >= 0.6 is 24.4 Å². The lowest BCUT2D eigenvalue weighted by atomic mass is 10.2. The summed E-state index contributed by atoms with van der Waals surface area (Å²) in [4.78, 5) is 0. The second-order valence-corrected chi connectivity index (χ2v) is 8.88. The van der Waals surface area contributed by atoms with Crippen LogP contribution in [0.25, 0.3) is 0 Å². The van der Waals surface area contributed by atoms with Crippen LogP contribution in [-0.4, -0.2) is 29.3 Å². The molecular formula is C15H31O2S2. The van der Waals surface area contributed by atoms with Gasteiger partial charge in [0, 0.05) is 18.5 Å². The number of ether oxygens (including phenoxy) is 2. The highest BCUT2D eigenvalue weighted by atomic mass is 32.2. The van der Waals surface area contributed by atoms with Crippen LogP contribution in [0.3, 0.4) is 0 Å². The smallest absolute Gasteiger partial charge is 0.170 e. The molecular weight excluding hydrogens is 276 g/mol. The first-order valence-electron chi connectivity index (χ1n) is 7.35. The third-order valence-corrected chi connectivity index (χ3v) is 4.04. The lowest BCUT2D eigenvalue weighted by molar-refractivity contribution is 0.0510. The normalized spacial score (nSPS) is 15.5. The van der Waals surface area contributed by atoms with E-state index in [1.165, 1.54) is 0 Å². The summed E-state index contributed by atoms with van der Waals surface area (Å²) in [6.07, 6.45) is 1.84. The van der Waals surface area contributed by atoms with E-state index in [9.17, 15) is 0 Å². The van der Waals surface area contributed by atoms with Gasteiger partial charge >= 0.3 is 0 Å². The standard InChI is InChI=1S/C15H31O2S2/c1-12(2)10-16-9-7-8-15(18,19-14(5)6)17-11-13(3)4/h12-14H,7-11H2,1-6H3. The Kier molecular flexibility index (Phi) is 10.7. The fraction of sp³-hybridized carbons (Fsp3) is 1.00. The van der Waals surface area contributed by atoms with Gasteiger partial charge in [0.15, 0.2) is 4.27 Å². The van der Waals surface area contributed by atoms with Gasteiger partial charge in [0.2, 0.25) is 0 Å². The number of rotatable bonds is 11. The molecule has 0 heterocycles. The van der Waals surface area contributed by atoms with Crippen LogP contribution in [0.1, 0.15) is 54.4 Å². The minimum absolute atomic E-state index is 0.486. The van der Waals surface area contributed by atoms with Crippen molar-refractivity contribution in [3.63, 3.8) is 0 Å². The van der Waals surface area contributed by atoms with Crippen molar-refractivity contribution < 1.29 is 9.47 Å². The van der Waals surface area contributed by atoms with Crippen LogP contribution < -0.4 is 0 Å². The van der Waals surface area contributed by atoms with Crippen molar-refractivity contribution in [3.05, 3.63) is 0 Å². The van der Waals surface area contributed by atoms with Gasteiger partial charge in [-0.25, -0.2) is 0 Å². The highest BCUT2D eigenvalue weighted by molar-refractivity contribution is 8.11. The van der Waals surface area contributed by atoms with Crippen molar-refractivity contribution in [2.24, 2.45) is 11.8 Å². The summed E-state index contributed by atoms with van der Waals surface area (Å²) in [7, 11) is 0. The molecule has 0 aliphatic carbocycles. The van der Waals surface area contributed by atoms with Gasteiger partial charge in [0.05, 0.1) is 6.61 Å². The van der Waals surface area contributed by atoms with E-state index in [2.05, 4.69) is 41.5 Å². The summed E-state index contributed by atoms with van der Waals surface area (Å²) in [6, 6.07) is 0. The lowest BCUT2D eigenvalue weighted by Gasteiger charge is -2.30. The molecule has 1 atom stereocenters. The zero-order valence-electron chi connectivity index (χ0n) is 13.4. The molecule has 0 aliphatic rings. The topological polar surface area (TPSA) is 18.5 Å². The number of hydrogen-bond donors (Lipinski definition) is 0. The molecule has 0 aromatic rings. The molecule has 0 spiro atoms. The SMILES string of the molecule is CC(C)COCCCC([S])(OCC(C)C)SC(C)C. The molecule has 0 aliphatic heterocycles. The first kappa shape index (κ1) is 19.6. The molecule has 0 saturated heterocycles. The van der Waals surface area contributed by atoms with Crippen LogP contribution in [0, 0.1) is 11.8 Å². The minimum Gasteiger partial charge on any atom is -0.381 e. The lowest BCUT2D eigenvalue weighted by Crippen LogP contribution is -2.26. The largest absolute Gasteiger partial charge is 0.381 e. The molecule has 0 N–H and O–H groups in total. The van der Waals surface area contributed by atoms with Gasteiger partial charge in [-0.05, 0) is 37.3 Å². The molecule has 1 radical (unpaired) electrons. The van der Waals surface area contributed by atoms with E-state index in [0.717, 1.165) is 32.7 Å². The molecule has 0 bridgehead atoms. The molecule has 2 nitrogen and oxygen atoms in total. The monoisotopic (exact) mass is 307 g/mol. The van der Waals surface area contributed by atoms with Gasteiger partial charge in [0.25, 0.3) is 0 Å². The zero-order valence-corrected chi connectivity index (χ0v) is 15.0. The Balaban J connectivity index is 4.04. The summed E-state index contributed by atoms with van der Waals surface area (Å²) in [5, 5.41) is 0.487. The van der Waals surface area contributed by atoms with Gasteiger partial charge < -0.3 is 9.47 Å². The second kappa shape index (κ2) is 10.4. The first-order valence-corrected chi connectivity index (χ1v) is 8.64. The molecule has 0 aromatic heterocycles. The molecule has 0 fully saturated rings. The average Bonchev–Trinajstić information content (AvgIpc) is 2.24. The van der Waals surface area contributed by atoms with Gasteiger partial charge in [0.1, 0.15) is 0 Å². The first-order chi connectivity index (χ1) is 8.75. The highest BCUT2D eigenvalue weighted by Crippen LogP contribution is 2.38. The van der Waals surface area contributed by atoms with E-state index in [-0.39, 0.29) is 0 Å². The molecule has 19 heavy (non-hydrogen) atoms. The summed E-state index contributed by atoms with van der Waals surface area (Å²) in [6.45, 7) is 15.3. The maximum Gasteiger partial charge on any atom is 0.170 e. The van der Waals surface area contributed by atoms with E-state index < -0.39 is 4.27 Å². The summed E-state index contributed by atoms with van der Waals surface area (Å²) in [5.74, 6) is 1.11. The molecule has 0 rings (SSSR count). The Hall–Kier alpha value is 0.620. The fourth-order valence-corrected chi connectivity index (χ4v) is 3.43. The Morgan fingerprint density at radius 2 is 1.58 bits per heavy atom.